The lowest BCUT2D eigenvalue weighted by molar-refractivity contribution is 0.180. The van der Waals surface area contributed by atoms with Crippen LogP contribution < -0.4 is 0 Å². The number of ether oxygens (including phenoxy) is 1. The van der Waals surface area contributed by atoms with Gasteiger partial charge in [0.1, 0.15) is 0 Å². The fourth-order valence-corrected chi connectivity index (χ4v) is 5.64. The van der Waals surface area contributed by atoms with E-state index >= 15 is 0 Å². The fourth-order valence-electron chi connectivity index (χ4n) is 3.78. The lowest BCUT2D eigenvalue weighted by Gasteiger charge is -2.29. The average Bonchev–Trinajstić information content (AvgIpc) is 3.37. The summed E-state index contributed by atoms with van der Waals surface area (Å²) in [7, 11) is -1.71. The largest absolute Gasteiger partial charge is 0.383 e. The third-order valence-corrected chi connectivity index (χ3v) is 7.24. The molecule has 27 heavy (non-hydrogen) atoms. The van der Waals surface area contributed by atoms with Crippen LogP contribution in [0.1, 0.15) is 29.7 Å². The van der Waals surface area contributed by atoms with Crippen molar-refractivity contribution in [3.63, 3.8) is 0 Å². The second-order valence-corrected chi connectivity index (χ2v) is 9.56. The number of hydrogen-bond acceptors (Lipinski definition) is 5. The summed E-state index contributed by atoms with van der Waals surface area (Å²) in [5, 5.41) is 0.207. The molecule has 6 nitrogen and oxygen atoms in total. The molecule has 4 rings (SSSR count). The number of imidazole rings is 1. The van der Waals surface area contributed by atoms with Crippen molar-refractivity contribution in [3.8, 4) is 0 Å². The van der Waals surface area contributed by atoms with Crippen LogP contribution >= 0.6 is 0 Å². The van der Waals surface area contributed by atoms with Crippen molar-refractivity contribution in [1.82, 2.24) is 14.5 Å². The van der Waals surface area contributed by atoms with E-state index in [1.54, 1.807) is 13.3 Å². The van der Waals surface area contributed by atoms with Crippen LogP contribution in [-0.4, -0.2) is 48.9 Å². The van der Waals surface area contributed by atoms with Crippen LogP contribution in [0.15, 0.2) is 35.6 Å². The van der Waals surface area contributed by atoms with Gasteiger partial charge in [-0.05, 0) is 36.3 Å². The average molecular weight is 390 g/mol. The predicted octanol–water partition coefficient (Wildman–Crippen LogP) is 2.27. The van der Waals surface area contributed by atoms with Crippen LogP contribution in [0.2, 0.25) is 0 Å². The van der Waals surface area contributed by atoms with Crippen molar-refractivity contribution in [1.29, 1.82) is 0 Å². The molecule has 1 aliphatic heterocycles. The topological polar surface area (TPSA) is 64.4 Å². The summed E-state index contributed by atoms with van der Waals surface area (Å²) >= 11 is 0. The van der Waals surface area contributed by atoms with Crippen LogP contribution in [0.25, 0.3) is 0 Å². The Bertz CT molecular complexity index is 903. The van der Waals surface area contributed by atoms with Crippen molar-refractivity contribution < 1.29 is 13.2 Å². The number of fused-ring (bicyclic) bond motifs is 1. The summed E-state index contributed by atoms with van der Waals surface area (Å²) < 4.78 is 32.7. The highest BCUT2D eigenvalue weighted by Crippen LogP contribution is 2.32. The molecule has 2 aliphatic rings. The van der Waals surface area contributed by atoms with Gasteiger partial charge in [-0.3, -0.25) is 4.90 Å². The lowest BCUT2D eigenvalue weighted by atomic mass is 10.00. The molecule has 146 valence electrons. The minimum atomic E-state index is -3.35. The standard InChI is InChI=1S/C20H27N3O3S/c1-26-11-10-23-19(12-21-20(23)27(24,25)15-16-6-7-16)14-22-9-8-17-4-2-3-5-18(17)13-22/h2-5,12,16H,6-11,13-15H2,1H3. The van der Waals surface area contributed by atoms with Gasteiger partial charge in [0.25, 0.3) is 0 Å². The molecule has 0 unspecified atom stereocenters. The smallest absolute Gasteiger partial charge is 0.227 e. The zero-order valence-electron chi connectivity index (χ0n) is 15.8. The molecule has 0 atom stereocenters. The highest BCUT2D eigenvalue weighted by atomic mass is 32.2. The first-order valence-electron chi connectivity index (χ1n) is 9.62. The van der Waals surface area contributed by atoms with E-state index in [9.17, 15) is 8.42 Å². The zero-order chi connectivity index (χ0) is 18.9. The second-order valence-electron chi connectivity index (χ2n) is 7.63. The van der Waals surface area contributed by atoms with Gasteiger partial charge in [0, 0.05) is 33.3 Å². The summed E-state index contributed by atoms with van der Waals surface area (Å²) in [6, 6.07) is 8.53. The highest BCUT2D eigenvalue weighted by molar-refractivity contribution is 7.91. The van der Waals surface area contributed by atoms with Crippen molar-refractivity contribution in [2.75, 3.05) is 26.0 Å². The van der Waals surface area contributed by atoms with Crippen LogP contribution in [0.5, 0.6) is 0 Å². The Morgan fingerprint density at radius 2 is 2.00 bits per heavy atom. The van der Waals surface area contributed by atoms with Gasteiger partial charge in [-0.25, -0.2) is 13.4 Å². The number of nitrogens with zero attached hydrogens (tertiary/aromatic N) is 3. The number of methoxy groups -OCH3 is 1. The molecule has 0 N–H and O–H groups in total. The summed E-state index contributed by atoms with van der Waals surface area (Å²) in [5.74, 6) is 0.526. The molecule has 1 aliphatic carbocycles. The molecule has 7 heteroatoms. The molecule has 0 saturated heterocycles. The molecule has 1 aromatic carbocycles. The van der Waals surface area contributed by atoms with Gasteiger partial charge in [-0.2, -0.15) is 0 Å². The third-order valence-electron chi connectivity index (χ3n) is 5.45. The van der Waals surface area contributed by atoms with Crippen molar-refractivity contribution in [2.24, 2.45) is 5.92 Å². The number of sulfone groups is 1. The molecule has 2 aromatic rings. The highest BCUT2D eigenvalue weighted by Gasteiger charge is 2.32. The second kappa shape index (κ2) is 7.73. The Morgan fingerprint density at radius 3 is 2.74 bits per heavy atom. The molecule has 0 bridgehead atoms. The zero-order valence-corrected chi connectivity index (χ0v) is 16.6. The van der Waals surface area contributed by atoms with E-state index in [0.717, 1.165) is 38.0 Å². The van der Waals surface area contributed by atoms with Gasteiger partial charge in [0.2, 0.25) is 15.0 Å². The minimum Gasteiger partial charge on any atom is -0.383 e. The van der Waals surface area contributed by atoms with Crippen LogP contribution in [0.4, 0.5) is 0 Å². The quantitative estimate of drug-likeness (QED) is 0.693. The number of aromatic nitrogens is 2. The van der Waals surface area contributed by atoms with E-state index in [-0.39, 0.29) is 10.9 Å². The maximum Gasteiger partial charge on any atom is 0.227 e. The fraction of sp³-hybridized carbons (Fsp3) is 0.550. The van der Waals surface area contributed by atoms with E-state index < -0.39 is 9.84 Å². The predicted molar refractivity (Wildman–Crippen MR) is 103 cm³/mol. The normalized spacial score (nSPS) is 17.8. The number of benzene rings is 1. The van der Waals surface area contributed by atoms with Crippen LogP contribution in [0.3, 0.4) is 0 Å². The van der Waals surface area contributed by atoms with Gasteiger partial charge in [0.15, 0.2) is 0 Å². The van der Waals surface area contributed by atoms with E-state index in [1.165, 1.54) is 11.1 Å². The van der Waals surface area contributed by atoms with Gasteiger partial charge >= 0.3 is 0 Å². The molecule has 1 saturated carbocycles. The Labute approximate surface area is 161 Å². The van der Waals surface area contributed by atoms with Crippen LogP contribution in [-0.2, 0) is 40.6 Å². The van der Waals surface area contributed by atoms with Gasteiger partial charge in [0.05, 0.1) is 24.3 Å². The molecule has 2 heterocycles. The summed E-state index contributed by atoms with van der Waals surface area (Å²) in [6.45, 7) is 3.53. The van der Waals surface area contributed by atoms with E-state index in [0.29, 0.717) is 25.6 Å². The van der Waals surface area contributed by atoms with Gasteiger partial charge in [-0.1, -0.05) is 24.3 Å². The molecule has 1 aromatic heterocycles. The van der Waals surface area contributed by atoms with Crippen LogP contribution in [0, 0.1) is 5.92 Å². The van der Waals surface area contributed by atoms with E-state index in [4.69, 9.17) is 4.74 Å². The molecular weight excluding hydrogens is 362 g/mol. The first kappa shape index (κ1) is 18.7. The van der Waals surface area contributed by atoms with Crippen molar-refractivity contribution >= 4 is 9.84 Å². The summed E-state index contributed by atoms with van der Waals surface area (Å²) in [5.41, 5.74) is 3.71. The summed E-state index contributed by atoms with van der Waals surface area (Å²) in [6.07, 6.45) is 4.78. The van der Waals surface area contributed by atoms with Gasteiger partial charge < -0.3 is 9.30 Å². The molecule has 0 amide bonds. The van der Waals surface area contributed by atoms with Gasteiger partial charge in [-0.15, -0.1) is 0 Å². The maximum absolute atomic E-state index is 12.8. The number of rotatable bonds is 8. The Balaban J connectivity index is 1.55. The number of hydrogen-bond donors (Lipinski definition) is 0. The van der Waals surface area contributed by atoms with Crippen molar-refractivity contribution in [3.05, 3.63) is 47.3 Å². The molecular formula is C20H27N3O3S. The third kappa shape index (κ3) is 4.25. The van der Waals surface area contributed by atoms with Crippen molar-refractivity contribution in [2.45, 2.75) is 44.1 Å². The Hall–Kier alpha value is -1.70. The summed E-state index contributed by atoms with van der Waals surface area (Å²) in [4.78, 5) is 6.69. The molecule has 0 spiro atoms. The Kier molecular flexibility index (Phi) is 5.34. The lowest BCUT2D eigenvalue weighted by Crippen LogP contribution is -2.31. The molecule has 1 fully saturated rings. The maximum atomic E-state index is 12.8. The minimum absolute atomic E-state index is 0.207. The van der Waals surface area contributed by atoms with E-state index in [1.807, 2.05) is 4.57 Å². The monoisotopic (exact) mass is 389 g/mol. The SMILES string of the molecule is COCCn1c(CN2CCc3ccccc3C2)cnc1S(=O)(=O)CC1CC1. The Morgan fingerprint density at radius 1 is 1.22 bits per heavy atom. The first-order chi connectivity index (χ1) is 13.1. The first-order valence-corrected chi connectivity index (χ1v) is 11.3. The molecule has 0 radical (unpaired) electrons. The van der Waals surface area contributed by atoms with E-state index in [2.05, 4.69) is 34.1 Å².